The molecule has 4 bridgehead atoms. The van der Waals surface area contributed by atoms with Crippen molar-refractivity contribution in [3.05, 3.63) is 34.9 Å². The summed E-state index contributed by atoms with van der Waals surface area (Å²) in [7, 11) is 2.21. The van der Waals surface area contributed by atoms with Crippen LogP contribution < -0.4 is 5.32 Å². The van der Waals surface area contributed by atoms with E-state index < -0.39 is 0 Å². The van der Waals surface area contributed by atoms with E-state index in [1.807, 2.05) is 0 Å². The fourth-order valence-electron chi connectivity index (χ4n) is 5.95. The molecule has 0 aliphatic heterocycles. The zero-order chi connectivity index (χ0) is 13.9. The highest BCUT2D eigenvalue weighted by molar-refractivity contribution is 5.37. The predicted molar refractivity (Wildman–Crippen MR) is 83.7 cm³/mol. The van der Waals surface area contributed by atoms with Gasteiger partial charge in [0, 0.05) is 5.54 Å². The summed E-state index contributed by atoms with van der Waals surface area (Å²) in [6.07, 6.45) is 7.36. The SMILES string of the molecule is CNC1(c2ccc(C)c(C)c2)C2CC3CC(C2)CC1C3. The third kappa shape index (κ3) is 1.59. The van der Waals surface area contributed by atoms with Crippen LogP contribution in [0.15, 0.2) is 18.2 Å². The lowest BCUT2D eigenvalue weighted by Crippen LogP contribution is -2.61. The van der Waals surface area contributed by atoms with Crippen molar-refractivity contribution in [2.75, 3.05) is 7.05 Å². The second-order valence-electron chi connectivity index (χ2n) is 7.72. The lowest BCUT2D eigenvalue weighted by Gasteiger charge is -2.61. The van der Waals surface area contributed by atoms with Crippen LogP contribution in [-0.2, 0) is 5.54 Å². The number of benzene rings is 1. The lowest BCUT2D eigenvalue weighted by molar-refractivity contribution is -0.0744. The number of rotatable bonds is 2. The van der Waals surface area contributed by atoms with Crippen LogP contribution in [0.3, 0.4) is 0 Å². The van der Waals surface area contributed by atoms with Gasteiger partial charge in [-0.15, -0.1) is 0 Å². The van der Waals surface area contributed by atoms with Gasteiger partial charge in [0.25, 0.3) is 0 Å². The Kier molecular flexibility index (Phi) is 2.79. The molecule has 108 valence electrons. The number of hydrogen-bond donors (Lipinski definition) is 1. The van der Waals surface area contributed by atoms with Crippen molar-refractivity contribution >= 4 is 0 Å². The van der Waals surface area contributed by atoms with Gasteiger partial charge in [-0.3, -0.25) is 0 Å². The summed E-state index contributed by atoms with van der Waals surface area (Å²) in [5.41, 5.74) is 4.71. The Bertz CT molecular complexity index is 503. The zero-order valence-corrected chi connectivity index (χ0v) is 13.1. The summed E-state index contributed by atoms with van der Waals surface area (Å²) in [6.45, 7) is 4.49. The molecular formula is C19H27N. The minimum absolute atomic E-state index is 0.270. The van der Waals surface area contributed by atoms with Crippen LogP contribution >= 0.6 is 0 Å². The van der Waals surface area contributed by atoms with Crippen molar-refractivity contribution in [3.63, 3.8) is 0 Å². The van der Waals surface area contributed by atoms with Gasteiger partial charge < -0.3 is 5.32 Å². The van der Waals surface area contributed by atoms with E-state index >= 15 is 0 Å². The van der Waals surface area contributed by atoms with Gasteiger partial charge in [-0.05, 0) is 93.4 Å². The molecule has 4 saturated carbocycles. The van der Waals surface area contributed by atoms with Crippen molar-refractivity contribution in [1.82, 2.24) is 5.32 Å². The molecule has 0 heterocycles. The number of hydrogen-bond acceptors (Lipinski definition) is 1. The highest BCUT2D eigenvalue weighted by Gasteiger charge is 2.57. The molecule has 1 aromatic rings. The molecule has 4 aliphatic rings. The van der Waals surface area contributed by atoms with Gasteiger partial charge in [0.1, 0.15) is 0 Å². The molecule has 0 radical (unpaired) electrons. The van der Waals surface area contributed by atoms with E-state index in [9.17, 15) is 0 Å². The summed E-state index contributed by atoms with van der Waals surface area (Å²) in [5, 5.41) is 3.82. The van der Waals surface area contributed by atoms with Gasteiger partial charge in [0.2, 0.25) is 0 Å². The molecular weight excluding hydrogens is 242 g/mol. The van der Waals surface area contributed by atoms with Gasteiger partial charge >= 0.3 is 0 Å². The van der Waals surface area contributed by atoms with Crippen molar-refractivity contribution in [2.24, 2.45) is 23.7 Å². The molecule has 0 unspecified atom stereocenters. The molecule has 20 heavy (non-hydrogen) atoms. The number of nitrogens with one attached hydrogen (secondary N) is 1. The average Bonchev–Trinajstić information content (AvgIpc) is 2.42. The highest BCUT2D eigenvalue weighted by Crippen LogP contribution is 2.61. The third-order valence-electron chi connectivity index (χ3n) is 6.82. The van der Waals surface area contributed by atoms with E-state index in [0.717, 1.165) is 23.7 Å². The van der Waals surface area contributed by atoms with Crippen LogP contribution in [-0.4, -0.2) is 7.05 Å². The van der Waals surface area contributed by atoms with E-state index in [2.05, 4.69) is 44.4 Å². The predicted octanol–water partition coefficient (Wildman–Crippen LogP) is 4.17. The quantitative estimate of drug-likeness (QED) is 0.849. The second-order valence-corrected chi connectivity index (χ2v) is 7.72. The summed E-state index contributed by atoms with van der Waals surface area (Å²) < 4.78 is 0. The van der Waals surface area contributed by atoms with Gasteiger partial charge in [-0.25, -0.2) is 0 Å². The molecule has 4 aliphatic carbocycles. The second kappa shape index (κ2) is 4.34. The average molecular weight is 269 g/mol. The first-order valence-corrected chi connectivity index (χ1v) is 8.40. The Labute approximate surface area is 123 Å². The third-order valence-corrected chi connectivity index (χ3v) is 6.82. The Morgan fingerprint density at radius 1 is 0.900 bits per heavy atom. The molecule has 0 saturated heterocycles. The molecule has 1 aromatic carbocycles. The fraction of sp³-hybridized carbons (Fsp3) is 0.684. The van der Waals surface area contributed by atoms with Crippen molar-refractivity contribution < 1.29 is 0 Å². The minimum Gasteiger partial charge on any atom is -0.310 e. The molecule has 0 atom stereocenters. The molecule has 0 spiro atoms. The summed E-state index contributed by atoms with van der Waals surface area (Å²) >= 11 is 0. The maximum atomic E-state index is 3.82. The lowest BCUT2D eigenvalue weighted by atomic mass is 9.47. The molecule has 5 rings (SSSR count). The van der Waals surface area contributed by atoms with E-state index in [0.29, 0.717) is 0 Å². The van der Waals surface area contributed by atoms with Gasteiger partial charge in [0.05, 0.1) is 0 Å². The molecule has 1 heteroatoms. The largest absolute Gasteiger partial charge is 0.310 e. The Balaban J connectivity index is 1.81. The van der Waals surface area contributed by atoms with Crippen LogP contribution in [0, 0.1) is 37.5 Å². The maximum Gasteiger partial charge on any atom is 0.0489 e. The van der Waals surface area contributed by atoms with Crippen LogP contribution in [0.2, 0.25) is 0 Å². The summed E-state index contributed by atoms with van der Waals surface area (Å²) in [5.74, 6) is 3.80. The first kappa shape index (κ1) is 12.9. The van der Waals surface area contributed by atoms with E-state index in [1.165, 1.54) is 43.2 Å². The summed E-state index contributed by atoms with van der Waals surface area (Å²) in [6, 6.07) is 7.20. The van der Waals surface area contributed by atoms with Crippen molar-refractivity contribution in [1.29, 1.82) is 0 Å². The van der Waals surface area contributed by atoms with Crippen LogP contribution in [0.5, 0.6) is 0 Å². The zero-order valence-electron chi connectivity index (χ0n) is 13.1. The maximum absolute atomic E-state index is 3.82. The molecule has 4 fully saturated rings. The van der Waals surface area contributed by atoms with E-state index in [4.69, 9.17) is 0 Å². The smallest absolute Gasteiger partial charge is 0.0489 e. The molecule has 1 N–H and O–H groups in total. The normalized spacial score (nSPS) is 42.1. The van der Waals surface area contributed by atoms with Crippen LogP contribution in [0.25, 0.3) is 0 Å². The highest BCUT2D eigenvalue weighted by atomic mass is 15.0. The monoisotopic (exact) mass is 269 g/mol. The van der Waals surface area contributed by atoms with E-state index in [-0.39, 0.29) is 5.54 Å². The standard InChI is InChI=1S/C19H27N/c1-12-4-5-16(6-13(12)2)19(20-3)17-8-14-7-15(10-17)11-18(19)9-14/h4-6,14-15,17-18,20H,7-11H2,1-3H3. The Hall–Kier alpha value is -0.820. The first-order chi connectivity index (χ1) is 9.63. The Morgan fingerprint density at radius 2 is 1.50 bits per heavy atom. The molecule has 0 aromatic heterocycles. The molecule has 1 nitrogen and oxygen atoms in total. The van der Waals surface area contributed by atoms with E-state index in [1.54, 1.807) is 5.56 Å². The first-order valence-electron chi connectivity index (χ1n) is 8.40. The van der Waals surface area contributed by atoms with Gasteiger partial charge in [-0.1, -0.05) is 18.2 Å². The summed E-state index contributed by atoms with van der Waals surface area (Å²) in [4.78, 5) is 0. The number of aryl methyl sites for hydroxylation is 2. The topological polar surface area (TPSA) is 12.0 Å². The van der Waals surface area contributed by atoms with Gasteiger partial charge in [-0.2, -0.15) is 0 Å². The minimum atomic E-state index is 0.270. The molecule has 0 amide bonds. The van der Waals surface area contributed by atoms with Crippen LogP contribution in [0.1, 0.15) is 48.8 Å². The van der Waals surface area contributed by atoms with Crippen molar-refractivity contribution in [3.8, 4) is 0 Å². The van der Waals surface area contributed by atoms with Crippen LogP contribution in [0.4, 0.5) is 0 Å². The Morgan fingerprint density at radius 3 is 2.00 bits per heavy atom. The van der Waals surface area contributed by atoms with Crippen molar-refractivity contribution in [2.45, 2.75) is 51.5 Å². The van der Waals surface area contributed by atoms with Gasteiger partial charge in [0.15, 0.2) is 0 Å². The fourth-order valence-corrected chi connectivity index (χ4v) is 5.95.